The maximum atomic E-state index is 13.8. The van der Waals surface area contributed by atoms with Crippen LogP contribution in [0, 0.1) is 11.8 Å². The van der Waals surface area contributed by atoms with E-state index in [1.165, 1.54) is 0 Å². The first-order chi connectivity index (χ1) is 17.0. The fraction of sp³-hybridized carbons (Fsp3) is 0.214. The minimum Gasteiger partial charge on any atom is -0.497 e. The largest absolute Gasteiger partial charge is 0.497 e. The van der Waals surface area contributed by atoms with E-state index in [4.69, 9.17) is 9.47 Å². The zero-order chi connectivity index (χ0) is 24.3. The second kappa shape index (κ2) is 7.71. The minimum absolute atomic E-state index is 0.0293. The molecular weight excluding hydrogens is 446 g/mol. The van der Waals surface area contributed by atoms with Crippen molar-refractivity contribution in [3.05, 3.63) is 101 Å². The Balaban J connectivity index is 1.45. The number of likely N-dealkylation sites (tertiary alicyclic amines) is 1. The van der Waals surface area contributed by atoms with E-state index in [1.807, 2.05) is 6.07 Å². The lowest BCUT2D eigenvalue weighted by Gasteiger charge is -2.27. The quantitative estimate of drug-likeness (QED) is 0.432. The van der Waals surface area contributed by atoms with Crippen molar-refractivity contribution in [3.63, 3.8) is 0 Å². The molecule has 0 radical (unpaired) electrons. The number of benzene rings is 3. The van der Waals surface area contributed by atoms with Gasteiger partial charge in [0, 0.05) is 11.1 Å². The van der Waals surface area contributed by atoms with Gasteiger partial charge in [-0.05, 0) is 23.3 Å². The molecule has 6 rings (SSSR count). The number of rotatable bonds is 4. The van der Waals surface area contributed by atoms with Gasteiger partial charge >= 0.3 is 0 Å². The fourth-order valence-electron chi connectivity index (χ4n) is 5.59. The summed E-state index contributed by atoms with van der Waals surface area (Å²) in [4.78, 5) is 56.1. The van der Waals surface area contributed by atoms with Crippen molar-refractivity contribution < 1.29 is 28.7 Å². The van der Waals surface area contributed by atoms with Crippen LogP contribution in [0.5, 0.6) is 5.75 Å². The van der Waals surface area contributed by atoms with Crippen molar-refractivity contribution in [2.75, 3.05) is 7.11 Å². The number of hydrogen-bond donors (Lipinski definition) is 0. The zero-order valence-electron chi connectivity index (χ0n) is 18.8. The number of hydrogen-bond acceptors (Lipinski definition) is 6. The molecule has 2 fully saturated rings. The van der Waals surface area contributed by atoms with Crippen LogP contribution in [0.25, 0.3) is 0 Å². The Morgan fingerprint density at radius 1 is 0.800 bits per heavy atom. The average molecular weight is 467 g/mol. The number of methoxy groups -OCH3 is 1. The molecule has 2 heterocycles. The Hall–Kier alpha value is -4.10. The van der Waals surface area contributed by atoms with Gasteiger partial charge in [-0.15, -0.1) is 0 Å². The minimum atomic E-state index is -2.05. The first kappa shape index (κ1) is 21.4. The fourth-order valence-corrected chi connectivity index (χ4v) is 5.59. The van der Waals surface area contributed by atoms with E-state index in [1.54, 1.807) is 79.9 Å². The molecule has 7 nitrogen and oxygen atoms in total. The van der Waals surface area contributed by atoms with Gasteiger partial charge in [0.1, 0.15) is 5.75 Å². The third-order valence-electron chi connectivity index (χ3n) is 7.24. The molecule has 1 spiro atoms. The first-order valence-corrected chi connectivity index (χ1v) is 11.4. The number of ketones is 2. The molecule has 0 N–H and O–H groups in total. The van der Waals surface area contributed by atoms with Gasteiger partial charge in [0.25, 0.3) is 0 Å². The molecule has 3 aromatic rings. The number of amides is 2. The number of imide groups is 1. The van der Waals surface area contributed by atoms with Gasteiger partial charge in [0.05, 0.1) is 31.6 Å². The summed E-state index contributed by atoms with van der Waals surface area (Å²) in [6.07, 6.45) is -0.902. The van der Waals surface area contributed by atoms with Crippen molar-refractivity contribution in [1.29, 1.82) is 0 Å². The maximum absolute atomic E-state index is 13.8. The lowest BCUT2D eigenvalue weighted by atomic mass is 9.77. The second-order valence-corrected chi connectivity index (χ2v) is 9.00. The van der Waals surface area contributed by atoms with Crippen LogP contribution in [-0.4, -0.2) is 41.0 Å². The van der Waals surface area contributed by atoms with E-state index in [2.05, 4.69) is 0 Å². The summed E-state index contributed by atoms with van der Waals surface area (Å²) >= 11 is 0. The number of fused-ring (bicyclic) bond motifs is 3. The summed E-state index contributed by atoms with van der Waals surface area (Å²) < 4.78 is 11.4. The molecule has 174 valence electrons. The Kier molecular flexibility index (Phi) is 4.72. The number of carbonyl (C=O) groups is 4. The third-order valence-corrected chi connectivity index (χ3v) is 7.24. The van der Waals surface area contributed by atoms with Crippen molar-refractivity contribution in [2.24, 2.45) is 11.8 Å². The number of Topliss-reactive ketones (excluding diaryl/α,β-unsaturated/α-hetero) is 2. The van der Waals surface area contributed by atoms with Crippen molar-refractivity contribution in [2.45, 2.75) is 18.2 Å². The molecule has 3 aliphatic rings. The highest BCUT2D eigenvalue weighted by Gasteiger charge is 2.74. The lowest BCUT2D eigenvalue weighted by molar-refractivity contribution is -0.145. The topological polar surface area (TPSA) is 90.0 Å². The van der Waals surface area contributed by atoms with Crippen LogP contribution in [0.2, 0.25) is 0 Å². The Morgan fingerprint density at radius 2 is 1.40 bits per heavy atom. The van der Waals surface area contributed by atoms with E-state index in [9.17, 15) is 19.2 Å². The molecule has 0 unspecified atom stereocenters. The van der Waals surface area contributed by atoms with Crippen LogP contribution >= 0.6 is 0 Å². The Bertz CT molecular complexity index is 1350. The highest BCUT2D eigenvalue weighted by Crippen LogP contribution is 2.57. The summed E-state index contributed by atoms with van der Waals surface area (Å²) in [7, 11) is 1.56. The van der Waals surface area contributed by atoms with Gasteiger partial charge in [0.2, 0.25) is 29.0 Å². The standard InChI is InChI=1S/C28H21NO6/c1-34-18-13-11-16(12-14-18)15-29-26(32)21-22(27(29)33)28(35-23(21)17-7-3-2-4-8-17)24(30)19-9-5-6-10-20(19)25(28)31/h2-14,21-23H,15H2,1H3/t21-,22+,23+/m1/s1. The highest BCUT2D eigenvalue weighted by molar-refractivity contribution is 6.35. The van der Waals surface area contributed by atoms with Gasteiger partial charge in [-0.3, -0.25) is 24.1 Å². The molecular formula is C28H21NO6. The van der Waals surface area contributed by atoms with Crippen LogP contribution in [0.3, 0.4) is 0 Å². The van der Waals surface area contributed by atoms with Crippen molar-refractivity contribution in [1.82, 2.24) is 4.90 Å². The molecule has 7 heteroatoms. The second-order valence-electron chi connectivity index (χ2n) is 9.00. The number of ether oxygens (including phenoxy) is 2. The molecule has 2 aliphatic heterocycles. The maximum Gasteiger partial charge on any atom is 0.237 e. The predicted molar refractivity (Wildman–Crippen MR) is 124 cm³/mol. The predicted octanol–water partition coefficient (Wildman–Crippen LogP) is 3.39. The zero-order valence-corrected chi connectivity index (χ0v) is 18.8. The molecule has 0 saturated carbocycles. The molecule has 35 heavy (non-hydrogen) atoms. The Morgan fingerprint density at radius 3 is 2.00 bits per heavy atom. The third kappa shape index (κ3) is 2.88. The smallest absolute Gasteiger partial charge is 0.237 e. The molecule has 3 aromatic carbocycles. The molecule has 0 bridgehead atoms. The lowest BCUT2D eigenvalue weighted by Crippen LogP contribution is -2.50. The van der Waals surface area contributed by atoms with Gasteiger partial charge in [-0.2, -0.15) is 0 Å². The van der Waals surface area contributed by atoms with Crippen LogP contribution in [0.1, 0.15) is 37.9 Å². The van der Waals surface area contributed by atoms with Crippen LogP contribution in [-0.2, 0) is 20.9 Å². The van der Waals surface area contributed by atoms with Crippen LogP contribution in [0.4, 0.5) is 0 Å². The summed E-state index contributed by atoms with van der Waals surface area (Å²) in [5, 5.41) is 0. The normalized spacial score (nSPS) is 24.3. The van der Waals surface area contributed by atoms with Gasteiger partial charge < -0.3 is 9.47 Å². The summed E-state index contributed by atoms with van der Waals surface area (Å²) in [5.41, 5.74) is -0.233. The number of nitrogens with zero attached hydrogens (tertiary/aromatic N) is 1. The molecule has 2 saturated heterocycles. The van der Waals surface area contributed by atoms with Crippen molar-refractivity contribution >= 4 is 23.4 Å². The van der Waals surface area contributed by atoms with Crippen LogP contribution < -0.4 is 4.74 Å². The summed E-state index contributed by atoms with van der Waals surface area (Å²) in [6, 6.07) is 22.5. The average Bonchev–Trinajstić information content (AvgIpc) is 3.46. The highest BCUT2D eigenvalue weighted by atomic mass is 16.5. The van der Waals surface area contributed by atoms with Gasteiger partial charge in [0.15, 0.2) is 0 Å². The molecule has 1 aliphatic carbocycles. The van der Waals surface area contributed by atoms with E-state index < -0.39 is 46.9 Å². The van der Waals surface area contributed by atoms with Crippen LogP contribution in [0.15, 0.2) is 78.9 Å². The molecule has 2 amide bonds. The van der Waals surface area contributed by atoms with E-state index in [0.717, 1.165) is 10.5 Å². The first-order valence-electron chi connectivity index (χ1n) is 11.4. The summed E-state index contributed by atoms with van der Waals surface area (Å²) in [5.74, 6) is -3.68. The molecule has 0 aromatic heterocycles. The Labute approximate surface area is 201 Å². The monoisotopic (exact) mass is 467 g/mol. The molecule has 3 atom stereocenters. The van der Waals surface area contributed by atoms with E-state index in [0.29, 0.717) is 11.3 Å². The van der Waals surface area contributed by atoms with Gasteiger partial charge in [-0.25, -0.2) is 0 Å². The van der Waals surface area contributed by atoms with E-state index in [-0.39, 0.29) is 17.7 Å². The van der Waals surface area contributed by atoms with E-state index >= 15 is 0 Å². The number of carbonyl (C=O) groups excluding carboxylic acids is 4. The SMILES string of the molecule is COc1ccc(CN2C(=O)[C@@H]3[C@@H](C2=O)C2(O[C@H]3c3ccccc3)C(=O)c3ccccc3C2=O)cc1. The summed E-state index contributed by atoms with van der Waals surface area (Å²) in [6.45, 7) is 0.0293. The van der Waals surface area contributed by atoms with Crippen molar-refractivity contribution in [3.8, 4) is 5.75 Å². The van der Waals surface area contributed by atoms with Gasteiger partial charge in [-0.1, -0.05) is 66.7 Å².